The standard InChI is InChI=1S/C10H20OSi/c1-5-6-7-10(11)8-9-12(2,3)4/h10-11H,5-7H2,1-4H3. The van der Waals surface area contributed by atoms with Crippen LogP contribution in [0.4, 0.5) is 0 Å². The van der Waals surface area contributed by atoms with Crippen molar-refractivity contribution in [2.24, 2.45) is 0 Å². The fraction of sp³-hybridized carbons (Fsp3) is 0.800. The Morgan fingerprint density at radius 1 is 1.33 bits per heavy atom. The maximum atomic E-state index is 9.39. The molecule has 2 heteroatoms. The minimum Gasteiger partial charge on any atom is -0.380 e. The first-order valence-electron chi connectivity index (χ1n) is 4.66. The molecule has 1 atom stereocenters. The van der Waals surface area contributed by atoms with Crippen LogP contribution in [0.25, 0.3) is 0 Å². The fourth-order valence-electron chi connectivity index (χ4n) is 0.769. The third kappa shape index (κ3) is 7.84. The Kier molecular flexibility index (Phi) is 5.28. The number of hydrogen-bond acceptors (Lipinski definition) is 1. The Hall–Kier alpha value is -0.263. The Morgan fingerprint density at radius 3 is 2.33 bits per heavy atom. The van der Waals surface area contributed by atoms with Crippen molar-refractivity contribution in [2.75, 3.05) is 0 Å². The van der Waals surface area contributed by atoms with Gasteiger partial charge in [0.2, 0.25) is 0 Å². The predicted octanol–water partition coefficient (Wildman–Crippen LogP) is 2.42. The summed E-state index contributed by atoms with van der Waals surface area (Å²) in [7, 11) is -1.28. The molecule has 0 aliphatic rings. The van der Waals surface area contributed by atoms with Gasteiger partial charge in [0, 0.05) is 0 Å². The summed E-state index contributed by atoms with van der Waals surface area (Å²) >= 11 is 0. The predicted molar refractivity (Wildman–Crippen MR) is 56.7 cm³/mol. The zero-order valence-electron chi connectivity index (χ0n) is 8.65. The first-order chi connectivity index (χ1) is 5.45. The quantitative estimate of drug-likeness (QED) is 0.527. The highest BCUT2D eigenvalue weighted by Crippen LogP contribution is 2.01. The first-order valence-corrected chi connectivity index (χ1v) is 8.16. The van der Waals surface area contributed by atoms with Crippen LogP contribution in [0.1, 0.15) is 26.2 Å². The molecule has 0 bridgehead atoms. The minimum atomic E-state index is -1.28. The van der Waals surface area contributed by atoms with Crippen molar-refractivity contribution in [3.63, 3.8) is 0 Å². The van der Waals surface area contributed by atoms with Crippen LogP contribution in [0.15, 0.2) is 0 Å². The van der Waals surface area contributed by atoms with Crippen LogP contribution in [0.2, 0.25) is 19.6 Å². The van der Waals surface area contributed by atoms with Gasteiger partial charge in [-0.2, -0.15) is 0 Å². The number of aliphatic hydroxyl groups excluding tert-OH is 1. The van der Waals surface area contributed by atoms with Gasteiger partial charge in [-0.3, -0.25) is 0 Å². The molecule has 0 aliphatic carbocycles. The van der Waals surface area contributed by atoms with E-state index in [1.54, 1.807) is 0 Å². The summed E-state index contributed by atoms with van der Waals surface area (Å²) in [6.45, 7) is 8.68. The zero-order chi connectivity index (χ0) is 9.61. The maximum Gasteiger partial charge on any atom is 0.129 e. The number of rotatable bonds is 3. The molecule has 0 fully saturated rings. The Morgan fingerprint density at radius 2 is 1.92 bits per heavy atom. The lowest BCUT2D eigenvalue weighted by atomic mass is 10.2. The van der Waals surface area contributed by atoms with Crippen LogP contribution in [0.3, 0.4) is 0 Å². The molecule has 0 saturated heterocycles. The van der Waals surface area contributed by atoms with Gasteiger partial charge in [0.1, 0.15) is 14.2 Å². The summed E-state index contributed by atoms with van der Waals surface area (Å²) in [4.78, 5) is 0. The van der Waals surface area contributed by atoms with E-state index in [2.05, 4.69) is 38.0 Å². The third-order valence-corrected chi connectivity index (χ3v) is 2.34. The van der Waals surface area contributed by atoms with Crippen molar-refractivity contribution in [3.05, 3.63) is 0 Å². The summed E-state index contributed by atoms with van der Waals surface area (Å²) in [5.41, 5.74) is 3.17. The van der Waals surface area contributed by atoms with Gasteiger partial charge in [0.15, 0.2) is 0 Å². The van der Waals surface area contributed by atoms with E-state index in [-0.39, 0.29) is 0 Å². The molecule has 12 heavy (non-hydrogen) atoms. The molecule has 0 radical (unpaired) electrons. The first kappa shape index (κ1) is 11.7. The molecule has 0 heterocycles. The largest absolute Gasteiger partial charge is 0.380 e. The van der Waals surface area contributed by atoms with Crippen molar-refractivity contribution in [3.8, 4) is 11.5 Å². The zero-order valence-corrected chi connectivity index (χ0v) is 9.65. The van der Waals surface area contributed by atoms with Crippen molar-refractivity contribution < 1.29 is 5.11 Å². The summed E-state index contributed by atoms with van der Waals surface area (Å²) in [5, 5.41) is 9.39. The van der Waals surface area contributed by atoms with Gasteiger partial charge >= 0.3 is 0 Å². The van der Waals surface area contributed by atoms with E-state index in [4.69, 9.17) is 0 Å². The molecule has 1 unspecified atom stereocenters. The van der Waals surface area contributed by atoms with E-state index in [9.17, 15) is 5.11 Å². The summed E-state index contributed by atoms with van der Waals surface area (Å²) < 4.78 is 0. The highest BCUT2D eigenvalue weighted by molar-refractivity contribution is 6.83. The molecule has 1 N–H and O–H groups in total. The summed E-state index contributed by atoms with van der Waals surface area (Å²) in [6, 6.07) is 0. The lowest BCUT2D eigenvalue weighted by Crippen LogP contribution is -2.17. The van der Waals surface area contributed by atoms with Crippen LogP contribution < -0.4 is 0 Å². The molecule has 0 aromatic carbocycles. The molecule has 0 aromatic rings. The monoisotopic (exact) mass is 184 g/mol. The van der Waals surface area contributed by atoms with Gasteiger partial charge in [-0.05, 0) is 6.42 Å². The second-order valence-electron chi connectivity index (χ2n) is 4.18. The van der Waals surface area contributed by atoms with Crippen molar-refractivity contribution in [1.29, 1.82) is 0 Å². The highest BCUT2D eigenvalue weighted by Gasteiger charge is 2.08. The summed E-state index contributed by atoms with van der Waals surface area (Å²) in [5.74, 6) is 2.92. The van der Waals surface area contributed by atoms with Gasteiger partial charge in [-0.1, -0.05) is 45.3 Å². The number of hydrogen-bond donors (Lipinski definition) is 1. The van der Waals surface area contributed by atoms with Gasteiger partial charge in [0.05, 0.1) is 0 Å². The molecule has 0 rings (SSSR count). The van der Waals surface area contributed by atoms with Crippen molar-refractivity contribution in [1.82, 2.24) is 0 Å². The van der Waals surface area contributed by atoms with E-state index in [0.29, 0.717) is 0 Å². The van der Waals surface area contributed by atoms with Crippen LogP contribution in [-0.2, 0) is 0 Å². The van der Waals surface area contributed by atoms with Gasteiger partial charge in [-0.15, -0.1) is 5.54 Å². The van der Waals surface area contributed by atoms with Crippen LogP contribution in [0, 0.1) is 11.5 Å². The highest BCUT2D eigenvalue weighted by atomic mass is 28.3. The van der Waals surface area contributed by atoms with Crippen LogP contribution >= 0.6 is 0 Å². The van der Waals surface area contributed by atoms with Crippen molar-refractivity contribution >= 4 is 8.07 Å². The Labute approximate surface area is 77.2 Å². The van der Waals surface area contributed by atoms with Gasteiger partial charge in [-0.25, -0.2) is 0 Å². The van der Waals surface area contributed by atoms with Gasteiger partial charge < -0.3 is 5.11 Å². The van der Waals surface area contributed by atoms with E-state index >= 15 is 0 Å². The van der Waals surface area contributed by atoms with E-state index in [1.165, 1.54) is 0 Å². The lowest BCUT2D eigenvalue weighted by Gasteiger charge is -2.05. The van der Waals surface area contributed by atoms with Crippen LogP contribution in [0.5, 0.6) is 0 Å². The average Bonchev–Trinajstić information content (AvgIpc) is 1.95. The fourth-order valence-corrected chi connectivity index (χ4v) is 1.37. The molecular weight excluding hydrogens is 164 g/mol. The summed E-state index contributed by atoms with van der Waals surface area (Å²) in [6.07, 6.45) is 2.64. The Balaban J connectivity index is 3.79. The molecule has 0 aromatic heterocycles. The maximum absolute atomic E-state index is 9.39. The van der Waals surface area contributed by atoms with E-state index < -0.39 is 14.2 Å². The Bertz CT molecular complexity index is 171. The molecule has 70 valence electrons. The molecular formula is C10H20OSi. The topological polar surface area (TPSA) is 20.2 Å². The molecule has 0 spiro atoms. The number of unbranched alkanes of at least 4 members (excludes halogenated alkanes) is 1. The minimum absolute atomic E-state index is 0.392. The SMILES string of the molecule is CCCCC(O)C#C[Si](C)(C)C. The molecule has 1 nitrogen and oxygen atoms in total. The third-order valence-electron chi connectivity index (χ3n) is 1.44. The normalized spacial score (nSPS) is 13.4. The molecule has 0 amide bonds. The van der Waals surface area contributed by atoms with Gasteiger partial charge in [0.25, 0.3) is 0 Å². The second-order valence-corrected chi connectivity index (χ2v) is 8.93. The lowest BCUT2D eigenvalue weighted by molar-refractivity contribution is 0.218. The smallest absolute Gasteiger partial charge is 0.129 e. The molecule has 0 aliphatic heterocycles. The van der Waals surface area contributed by atoms with Crippen LogP contribution in [-0.4, -0.2) is 19.3 Å². The van der Waals surface area contributed by atoms with Crippen molar-refractivity contribution in [2.45, 2.75) is 51.9 Å². The molecule has 0 saturated carbocycles. The van der Waals surface area contributed by atoms with E-state index in [1.807, 2.05) is 0 Å². The van der Waals surface area contributed by atoms with E-state index in [0.717, 1.165) is 19.3 Å². The second kappa shape index (κ2) is 5.39. The average molecular weight is 184 g/mol. The number of aliphatic hydroxyl groups is 1.